The molecule has 1 aromatic carbocycles. The minimum Gasteiger partial charge on any atom is -0.493 e. The summed E-state index contributed by atoms with van der Waals surface area (Å²) in [7, 11) is 3.19. The van der Waals surface area contributed by atoms with E-state index in [-0.39, 0.29) is 6.42 Å². The van der Waals surface area contributed by atoms with Crippen molar-refractivity contribution in [1.29, 1.82) is 0 Å². The number of methoxy groups -OCH3 is 2. The van der Waals surface area contributed by atoms with Crippen molar-refractivity contribution in [2.24, 2.45) is 0 Å². The quantitative estimate of drug-likeness (QED) is 0.784. The SMILES string of the molecule is COc1cc(Br)c(CCCCC(=O)O)cc1OC. The molecule has 0 radical (unpaired) electrons. The second-order valence-electron chi connectivity index (χ2n) is 3.90. The highest BCUT2D eigenvalue weighted by atomic mass is 79.9. The van der Waals surface area contributed by atoms with Gasteiger partial charge >= 0.3 is 5.97 Å². The third-order valence-corrected chi connectivity index (χ3v) is 3.38. The second-order valence-corrected chi connectivity index (χ2v) is 4.75. The summed E-state index contributed by atoms with van der Waals surface area (Å²) in [5.74, 6) is 0.619. The summed E-state index contributed by atoms with van der Waals surface area (Å²) in [5, 5.41) is 8.57. The van der Waals surface area contributed by atoms with Gasteiger partial charge in [0.25, 0.3) is 0 Å². The molecule has 0 unspecified atom stereocenters. The summed E-state index contributed by atoms with van der Waals surface area (Å²) in [5.41, 5.74) is 1.10. The molecule has 0 aliphatic rings. The summed E-state index contributed by atoms with van der Waals surface area (Å²) in [6.07, 6.45) is 2.54. The highest BCUT2D eigenvalue weighted by Gasteiger charge is 2.09. The van der Waals surface area contributed by atoms with E-state index >= 15 is 0 Å². The molecular weight excluding hydrogens is 300 g/mol. The first-order valence-corrected chi connectivity index (χ1v) is 6.50. The smallest absolute Gasteiger partial charge is 0.303 e. The van der Waals surface area contributed by atoms with Crippen molar-refractivity contribution in [2.75, 3.05) is 14.2 Å². The van der Waals surface area contributed by atoms with Crippen LogP contribution < -0.4 is 9.47 Å². The molecule has 0 saturated carbocycles. The highest BCUT2D eigenvalue weighted by Crippen LogP contribution is 2.33. The minimum atomic E-state index is -0.749. The van der Waals surface area contributed by atoms with Crippen molar-refractivity contribution in [3.63, 3.8) is 0 Å². The summed E-state index contributed by atoms with van der Waals surface area (Å²) < 4.78 is 11.4. The van der Waals surface area contributed by atoms with Crippen molar-refractivity contribution >= 4 is 21.9 Å². The number of carboxylic acids is 1. The van der Waals surface area contributed by atoms with Crippen LogP contribution in [0.1, 0.15) is 24.8 Å². The van der Waals surface area contributed by atoms with Crippen LogP contribution in [-0.2, 0) is 11.2 Å². The molecule has 1 aromatic rings. The molecule has 1 rings (SSSR count). The van der Waals surface area contributed by atoms with Gasteiger partial charge in [-0.1, -0.05) is 15.9 Å². The molecule has 5 heteroatoms. The van der Waals surface area contributed by atoms with E-state index in [1.54, 1.807) is 14.2 Å². The van der Waals surface area contributed by atoms with Crippen LogP contribution in [-0.4, -0.2) is 25.3 Å². The van der Waals surface area contributed by atoms with Crippen LogP contribution in [0.5, 0.6) is 11.5 Å². The molecule has 0 spiro atoms. The van der Waals surface area contributed by atoms with Crippen molar-refractivity contribution < 1.29 is 19.4 Å². The molecule has 0 saturated heterocycles. The standard InChI is InChI=1S/C13H17BrO4/c1-17-11-7-9(5-3-4-6-13(15)16)10(14)8-12(11)18-2/h7-8H,3-6H2,1-2H3,(H,15,16). The molecule has 0 heterocycles. The average molecular weight is 317 g/mol. The molecule has 1 N–H and O–H groups in total. The van der Waals surface area contributed by atoms with Gasteiger partial charge in [-0.3, -0.25) is 4.79 Å². The molecule has 100 valence electrons. The third kappa shape index (κ3) is 4.22. The maximum absolute atomic E-state index is 10.4. The number of aliphatic carboxylic acids is 1. The molecule has 0 aliphatic carbocycles. The summed E-state index contributed by atoms with van der Waals surface area (Å²) in [4.78, 5) is 10.4. The number of carbonyl (C=O) groups is 1. The van der Waals surface area contributed by atoms with E-state index in [1.807, 2.05) is 12.1 Å². The molecule has 0 aromatic heterocycles. The number of halogens is 1. The Morgan fingerprint density at radius 2 is 1.83 bits per heavy atom. The van der Waals surface area contributed by atoms with Crippen molar-refractivity contribution in [1.82, 2.24) is 0 Å². The number of aryl methyl sites for hydroxylation is 1. The number of ether oxygens (including phenoxy) is 2. The van der Waals surface area contributed by atoms with Gasteiger partial charge in [0.1, 0.15) is 0 Å². The second kappa shape index (κ2) is 7.26. The first kappa shape index (κ1) is 14.8. The van der Waals surface area contributed by atoms with E-state index in [4.69, 9.17) is 14.6 Å². The number of unbranched alkanes of at least 4 members (excludes halogenated alkanes) is 1. The number of carboxylic acid groups (broad SMARTS) is 1. The van der Waals surface area contributed by atoms with Gasteiger partial charge in [0.2, 0.25) is 0 Å². The number of rotatable bonds is 7. The molecule has 0 bridgehead atoms. The lowest BCUT2D eigenvalue weighted by Gasteiger charge is -2.11. The van der Waals surface area contributed by atoms with Crippen LogP contribution in [0.3, 0.4) is 0 Å². The van der Waals surface area contributed by atoms with E-state index in [1.165, 1.54) is 0 Å². The van der Waals surface area contributed by atoms with Crippen LogP contribution in [0, 0.1) is 0 Å². The zero-order valence-corrected chi connectivity index (χ0v) is 12.1. The summed E-state index contributed by atoms with van der Waals surface area (Å²) in [6, 6.07) is 3.79. The molecule has 0 atom stereocenters. The van der Waals surface area contributed by atoms with Gasteiger partial charge in [-0.25, -0.2) is 0 Å². The lowest BCUT2D eigenvalue weighted by atomic mass is 10.1. The van der Waals surface area contributed by atoms with Gasteiger partial charge in [-0.05, 0) is 37.0 Å². The molecular formula is C13H17BrO4. The van der Waals surface area contributed by atoms with Gasteiger partial charge < -0.3 is 14.6 Å². The predicted octanol–water partition coefficient (Wildman–Crippen LogP) is 3.26. The molecule has 0 amide bonds. The van der Waals surface area contributed by atoms with E-state index in [0.29, 0.717) is 17.9 Å². The Labute approximate surface area is 115 Å². The van der Waals surface area contributed by atoms with E-state index in [9.17, 15) is 4.79 Å². The Morgan fingerprint density at radius 3 is 2.39 bits per heavy atom. The van der Waals surface area contributed by atoms with Gasteiger partial charge in [0.05, 0.1) is 14.2 Å². The van der Waals surface area contributed by atoms with Crippen LogP contribution in [0.25, 0.3) is 0 Å². The fourth-order valence-electron chi connectivity index (χ4n) is 1.68. The number of hydrogen-bond acceptors (Lipinski definition) is 3. The summed E-state index contributed by atoms with van der Waals surface area (Å²) in [6.45, 7) is 0. The zero-order chi connectivity index (χ0) is 13.5. The fraction of sp³-hybridized carbons (Fsp3) is 0.462. The number of hydrogen-bond donors (Lipinski definition) is 1. The van der Waals surface area contributed by atoms with Crippen molar-refractivity contribution in [3.8, 4) is 11.5 Å². The molecule has 18 heavy (non-hydrogen) atoms. The van der Waals surface area contributed by atoms with Crippen LogP contribution in [0.4, 0.5) is 0 Å². The van der Waals surface area contributed by atoms with E-state index in [0.717, 1.165) is 22.9 Å². The van der Waals surface area contributed by atoms with E-state index in [2.05, 4.69) is 15.9 Å². The van der Waals surface area contributed by atoms with Gasteiger partial charge in [0, 0.05) is 10.9 Å². The minimum absolute atomic E-state index is 0.213. The topological polar surface area (TPSA) is 55.8 Å². The van der Waals surface area contributed by atoms with Crippen LogP contribution in [0.15, 0.2) is 16.6 Å². The Morgan fingerprint density at radius 1 is 1.22 bits per heavy atom. The summed E-state index contributed by atoms with van der Waals surface area (Å²) >= 11 is 3.48. The first-order chi connectivity index (χ1) is 8.58. The largest absolute Gasteiger partial charge is 0.493 e. The number of benzene rings is 1. The fourth-order valence-corrected chi connectivity index (χ4v) is 2.20. The van der Waals surface area contributed by atoms with Gasteiger partial charge in [-0.2, -0.15) is 0 Å². The Balaban J connectivity index is 2.68. The maximum atomic E-state index is 10.4. The lowest BCUT2D eigenvalue weighted by Crippen LogP contribution is -1.97. The van der Waals surface area contributed by atoms with Crippen molar-refractivity contribution in [3.05, 3.63) is 22.2 Å². The Bertz CT molecular complexity index is 418. The van der Waals surface area contributed by atoms with Crippen LogP contribution in [0.2, 0.25) is 0 Å². The predicted molar refractivity (Wildman–Crippen MR) is 72.4 cm³/mol. The van der Waals surface area contributed by atoms with E-state index < -0.39 is 5.97 Å². The lowest BCUT2D eigenvalue weighted by molar-refractivity contribution is -0.137. The van der Waals surface area contributed by atoms with Crippen LogP contribution >= 0.6 is 15.9 Å². The monoisotopic (exact) mass is 316 g/mol. The third-order valence-electron chi connectivity index (χ3n) is 2.64. The Kier molecular flexibility index (Phi) is 5.98. The van der Waals surface area contributed by atoms with Gasteiger partial charge in [0.15, 0.2) is 11.5 Å². The average Bonchev–Trinajstić information content (AvgIpc) is 2.35. The molecule has 0 aliphatic heterocycles. The van der Waals surface area contributed by atoms with Crippen molar-refractivity contribution in [2.45, 2.75) is 25.7 Å². The zero-order valence-electron chi connectivity index (χ0n) is 10.5. The molecule has 0 fully saturated rings. The molecule has 4 nitrogen and oxygen atoms in total. The maximum Gasteiger partial charge on any atom is 0.303 e. The van der Waals surface area contributed by atoms with Gasteiger partial charge in [-0.15, -0.1) is 0 Å². The highest BCUT2D eigenvalue weighted by molar-refractivity contribution is 9.10. The normalized spacial score (nSPS) is 10.2. The first-order valence-electron chi connectivity index (χ1n) is 5.70. The Hall–Kier alpha value is -1.23.